The van der Waals surface area contributed by atoms with Crippen LogP contribution in [0.2, 0.25) is 0 Å². The first-order valence-electron chi connectivity index (χ1n) is 4.69. The van der Waals surface area contributed by atoms with Gasteiger partial charge >= 0.3 is 6.18 Å². The van der Waals surface area contributed by atoms with Crippen molar-refractivity contribution in [3.8, 4) is 0 Å². The lowest BCUT2D eigenvalue weighted by molar-refractivity contribution is -0.137. The Morgan fingerprint density at radius 2 is 1.71 bits per heavy atom. The fourth-order valence-electron chi connectivity index (χ4n) is 1.74. The van der Waals surface area contributed by atoms with Crippen molar-refractivity contribution in [1.82, 2.24) is 0 Å². The smallest absolute Gasteiger partial charge is 0.356 e. The Morgan fingerprint density at radius 3 is 2.18 bits per heavy atom. The van der Waals surface area contributed by atoms with Crippen LogP contribution < -0.4 is 4.90 Å². The molecule has 0 radical (unpaired) electrons. The zero-order chi connectivity index (χ0) is 12.8. The van der Waals surface area contributed by atoms with Gasteiger partial charge in [0.2, 0.25) is 0 Å². The molecule has 0 saturated carbocycles. The molecule has 0 aromatic heterocycles. The normalized spacial score (nSPS) is 19.1. The number of rotatable bonds is 1. The molecule has 0 bridgehead atoms. The predicted octanol–water partition coefficient (Wildman–Crippen LogP) is 3.30. The van der Waals surface area contributed by atoms with E-state index in [1.807, 2.05) is 0 Å². The molecule has 0 atom stereocenters. The molecule has 1 aliphatic rings. The molecular formula is C10H7F6N. The minimum atomic E-state index is -4.76. The summed E-state index contributed by atoms with van der Waals surface area (Å²) in [6, 6.07) is 2.40. The Balaban J connectivity index is 2.40. The van der Waals surface area contributed by atoms with E-state index in [1.165, 1.54) is 0 Å². The summed E-state index contributed by atoms with van der Waals surface area (Å²) in [6.07, 6.45) is -4.76. The lowest BCUT2D eigenvalue weighted by Crippen LogP contribution is -2.57. The molecule has 2 rings (SSSR count). The quantitative estimate of drug-likeness (QED) is 0.696. The van der Waals surface area contributed by atoms with Crippen molar-refractivity contribution < 1.29 is 26.3 Å². The van der Waals surface area contributed by atoms with E-state index in [0.29, 0.717) is 11.0 Å². The summed E-state index contributed by atoms with van der Waals surface area (Å²) in [7, 11) is 0. The average Bonchev–Trinajstić information content (AvgIpc) is 2.12. The second-order valence-corrected chi connectivity index (χ2v) is 3.85. The van der Waals surface area contributed by atoms with Crippen molar-refractivity contribution in [3.05, 3.63) is 29.6 Å². The van der Waals surface area contributed by atoms with Gasteiger partial charge in [-0.1, -0.05) is 6.07 Å². The molecule has 0 amide bonds. The largest absolute Gasteiger partial charge is 0.418 e. The summed E-state index contributed by atoms with van der Waals surface area (Å²) >= 11 is 0. The van der Waals surface area contributed by atoms with Gasteiger partial charge in [-0.2, -0.15) is 13.2 Å². The minimum Gasteiger partial charge on any atom is -0.356 e. The maximum Gasteiger partial charge on any atom is 0.418 e. The van der Waals surface area contributed by atoms with Gasteiger partial charge in [-0.25, -0.2) is 13.2 Å². The number of nitrogens with zero attached hydrogens (tertiary/aromatic N) is 1. The molecule has 17 heavy (non-hydrogen) atoms. The van der Waals surface area contributed by atoms with Crippen LogP contribution in [0.15, 0.2) is 18.2 Å². The maximum absolute atomic E-state index is 13.3. The number of hydrogen-bond acceptors (Lipinski definition) is 1. The van der Waals surface area contributed by atoms with Gasteiger partial charge in [-0.15, -0.1) is 0 Å². The van der Waals surface area contributed by atoms with E-state index in [1.54, 1.807) is 0 Å². The minimum absolute atomic E-state index is 0.675. The molecule has 1 heterocycles. The van der Waals surface area contributed by atoms with Crippen molar-refractivity contribution in [2.24, 2.45) is 0 Å². The Kier molecular flexibility index (Phi) is 2.52. The fraction of sp³-hybridized carbons (Fsp3) is 0.400. The van der Waals surface area contributed by atoms with Gasteiger partial charge in [0.05, 0.1) is 24.3 Å². The summed E-state index contributed by atoms with van der Waals surface area (Å²) < 4.78 is 76.2. The first kappa shape index (κ1) is 12.1. The van der Waals surface area contributed by atoms with E-state index >= 15 is 0 Å². The monoisotopic (exact) mass is 255 g/mol. The summed E-state index contributed by atoms with van der Waals surface area (Å²) in [5.74, 6) is -4.19. The maximum atomic E-state index is 13.3. The van der Waals surface area contributed by atoms with Crippen molar-refractivity contribution in [2.75, 3.05) is 18.0 Å². The number of benzene rings is 1. The molecule has 1 nitrogen and oxygen atoms in total. The molecule has 1 aliphatic heterocycles. The number of anilines is 1. The summed E-state index contributed by atoms with van der Waals surface area (Å²) in [4.78, 5) is 0.693. The van der Waals surface area contributed by atoms with Gasteiger partial charge in [0.1, 0.15) is 5.82 Å². The highest BCUT2D eigenvalue weighted by Crippen LogP contribution is 2.42. The van der Waals surface area contributed by atoms with Crippen LogP contribution in [-0.2, 0) is 6.18 Å². The Hall–Kier alpha value is -1.40. The van der Waals surface area contributed by atoms with Gasteiger partial charge < -0.3 is 4.90 Å². The lowest BCUT2D eigenvalue weighted by atomic mass is 10.0. The van der Waals surface area contributed by atoms with E-state index in [2.05, 4.69) is 0 Å². The van der Waals surface area contributed by atoms with Crippen LogP contribution in [0.25, 0.3) is 0 Å². The van der Waals surface area contributed by atoms with Crippen LogP contribution in [0.4, 0.5) is 32.0 Å². The van der Waals surface area contributed by atoms with Crippen LogP contribution >= 0.6 is 0 Å². The SMILES string of the molecule is Fc1cccc(C(F)(F)F)c1N1CC(F)(F)C1. The number of halogens is 6. The number of alkyl halides is 5. The molecule has 7 heteroatoms. The molecule has 1 aromatic carbocycles. The zero-order valence-corrected chi connectivity index (χ0v) is 8.36. The molecule has 1 aromatic rings. The Morgan fingerprint density at radius 1 is 1.12 bits per heavy atom. The number of hydrogen-bond donors (Lipinski definition) is 0. The molecule has 0 N–H and O–H groups in total. The third kappa shape index (κ3) is 2.18. The van der Waals surface area contributed by atoms with Crippen molar-refractivity contribution in [1.29, 1.82) is 0 Å². The van der Waals surface area contributed by atoms with Crippen LogP contribution in [-0.4, -0.2) is 19.0 Å². The Labute approximate surface area is 92.6 Å². The zero-order valence-electron chi connectivity index (χ0n) is 8.36. The molecule has 1 fully saturated rings. The summed E-state index contributed by atoms with van der Waals surface area (Å²) in [6.45, 7) is -1.78. The van der Waals surface area contributed by atoms with Crippen molar-refractivity contribution in [3.63, 3.8) is 0 Å². The molecule has 0 unspecified atom stereocenters. The highest BCUT2D eigenvalue weighted by atomic mass is 19.4. The van der Waals surface area contributed by atoms with E-state index in [-0.39, 0.29) is 0 Å². The average molecular weight is 255 g/mol. The van der Waals surface area contributed by atoms with Crippen LogP contribution in [0.3, 0.4) is 0 Å². The predicted molar refractivity (Wildman–Crippen MR) is 48.6 cm³/mol. The van der Waals surface area contributed by atoms with Crippen LogP contribution in [0.1, 0.15) is 5.56 Å². The van der Waals surface area contributed by atoms with Crippen molar-refractivity contribution >= 4 is 5.69 Å². The highest BCUT2D eigenvalue weighted by Gasteiger charge is 2.47. The van der Waals surface area contributed by atoms with E-state index in [9.17, 15) is 26.3 Å². The van der Waals surface area contributed by atoms with Crippen molar-refractivity contribution in [2.45, 2.75) is 12.1 Å². The highest BCUT2D eigenvalue weighted by molar-refractivity contribution is 5.58. The van der Waals surface area contributed by atoms with Gasteiger partial charge in [-0.05, 0) is 12.1 Å². The molecule has 94 valence electrons. The van der Waals surface area contributed by atoms with Gasteiger partial charge in [0.15, 0.2) is 0 Å². The topological polar surface area (TPSA) is 3.24 Å². The summed E-state index contributed by atoms with van der Waals surface area (Å²) in [5.41, 5.74) is -2.03. The van der Waals surface area contributed by atoms with E-state index in [4.69, 9.17) is 0 Å². The van der Waals surface area contributed by atoms with Gasteiger partial charge in [0.25, 0.3) is 5.92 Å². The van der Waals surface area contributed by atoms with Crippen LogP contribution in [0, 0.1) is 5.82 Å². The number of para-hydroxylation sites is 1. The second-order valence-electron chi connectivity index (χ2n) is 3.85. The fourth-order valence-corrected chi connectivity index (χ4v) is 1.74. The summed E-state index contributed by atoms with van der Waals surface area (Å²) in [5, 5.41) is 0. The third-order valence-electron chi connectivity index (χ3n) is 2.45. The van der Waals surface area contributed by atoms with Crippen LogP contribution in [0.5, 0.6) is 0 Å². The molecule has 0 spiro atoms. The second kappa shape index (κ2) is 3.54. The van der Waals surface area contributed by atoms with Gasteiger partial charge in [-0.3, -0.25) is 0 Å². The first-order valence-corrected chi connectivity index (χ1v) is 4.69. The van der Waals surface area contributed by atoms with E-state index < -0.39 is 42.3 Å². The third-order valence-corrected chi connectivity index (χ3v) is 2.45. The standard InChI is InChI=1S/C10H7F6N/c11-7-3-1-2-6(10(14,15)16)8(7)17-4-9(12,13)5-17/h1-3H,4-5H2. The molecule has 1 saturated heterocycles. The molecule has 0 aliphatic carbocycles. The Bertz CT molecular complexity index is 431. The molecular weight excluding hydrogens is 248 g/mol. The first-order chi connectivity index (χ1) is 7.71. The van der Waals surface area contributed by atoms with Gasteiger partial charge in [0, 0.05) is 0 Å². The van der Waals surface area contributed by atoms with E-state index in [0.717, 1.165) is 12.1 Å². The lowest BCUT2D eigenvalue weighted by Gasteiger charge is -2.41.